The predicted octanol–water partition coefficient (Wildman–Crippen LogP) is 7.34. The molecule has 5 nitrogen and oxygen atoms in total. The van der Waals surface area contributed by atoms with Crippen LogP contribution in [0.4, 0.5) is 5.69 Å². The Labute approximate surface area is 207 Å². The molecule has 0 spiro atoms. The largest absolute Gasteiger partial charge is 0.319 e. The van der Waals surface area contributed by atoms with Gasteiger partial charge in [-0.25, -0.2) is 9.67 Å². The first-order valence-electron chi connectivity index (χ1n) is 10.6. The molecule has 1 heterocycles. The van der Waals surface area contributed by atoms with Crippen LogP contribution in [0.1, 0.15) is 47.1 Å². The molecule has 7 heteroatoms. The summed E-state index contributed by atoms with van der Waals surface area (Å²) in [7, 11) is 0. The molecular formula is C26H24BrClN4O. The van der Waals surface area contributed by atoms with Gasteiger partial charge in [-0.05, 0) is 67.3 Å². The molecule has 4 aromatic rings. The van der Waals surface area contributed by atoms with E-state index in [1.54, 1.807) is 4.68 Å². The van der Waals surface area contributed by atoms with Crippen LogP contribution < -0.4 is 5.32 Å². The molecule has 0 radical (unpaired) electrons. The van der Waals surface area contributed by atoms with E-state index in [1.165, 1.54) is 0 Å². The minimum Gasteiger partial charge on any atom is -0.319 e. The SMILES string of the molecule is Cc1cccc(-c2nc(C(=O)Nc3ccc(Br)cc3C(C)C)nn2-c2cccc(Cl)c2C)c1. The Balaban J connectivity index is 1.81. The summed E-state index contributed by atoms with van der Waals surface area (Å²) in [4.78, 5) is 17.9. The van der Waals surface area contributed by atoms with Gasteiger partial charge >= 0.3 is 0 Å². The monoisotopic (exact) mass is 522 g/mol. The van der Waals surface area contributed by atoms with Gasteiger partial charge in [-0.3, -0.25) is 4.79 Å². The van der Waals surface area contributed by atoms with Gasteiger partial charge in [0, 0.05) is 20.7 Å². The second-order valence-corrected chi connectivity index (χ2v) is 9.59. The molecule has 0 bridgehead atoms. The number of carbonyl (C=O) groups is 1. The van der Waals surface area contributed by atoms with Gasteiger partial charge < -0.3 is 5.32 Å². The summed E-state index contributed by atoms with van der Waals surface area (Å²) in [6.07, 6.45) is 0. The molecule has 1 aromatic heterocycles. The van der Waals surface area contributed by atoms with Gasteiger partial charge in [-0.2, -0.15) is 0 Å². The van der Waals surface area contributed by atoms with Crippen LogP contribution in [0.2, 0.25) is 5.02 Å². The summed E-state index contributed by atoms with van der Waals surface area (Å²) in [5.41, 5.74) is 5.36. The Kier molecular flexibility index (Phi) is 6.68. The lowest BCUT2D eigenvalue weighted by Crippen LogP contribution is -2.16. The van der Waals surface area contributed by atoms with Gasteiger partial charge in [0.2, 0.25) is 5.82 Å². The van der Waals surface area contributed by atoms with Gasteiger partial charge in [-0.1, -0.05) is 71.2 Å². The van der Waals surface area contributed by atoms with Gasteiger partial charge in [0.25, 0.3) is 5.91 Å². The fourth-order valence-corrected chi connectivity index (χ4v) is 4.22. The highest BCUT2D eigenvalue weighted by atomic mass is 79.9. The zero-order chi connectivity index (χ0) is 23.7. The maximum Gasteiger partial charge on any atom is 0.295 e. The maximum absolute atomic E-state index is 13.2. The van der Waals surface area contributed by atoms with Gasteiger partial charge in [0.05, 0.1) is 5.69 Å². The van der Waals surface area contributed by atoms with Crippen molar-refractivity contribution in [2.45, 2.75) is 33.6 Å². The number of nitrogens with zero attached hydrogens (tertiary/aromatic N) is 3. The predicted molar refractivity (Wildman–Crippen MR) is 137 cm³/mol. The molecule has 0 aliphatic heterocycles. The molecule has 0 aliphatic carbocycles. The summed E-state index contributed by atoms with van der Waals surface area (Å²) < 4.78 is 2.65. The number of hydrogen-bond acceptors (Lipinski definition) is 3. The van der Waals surface area contributed by atoms with Gasteiger partial charge in [0.1, 0.15) is 0 Å². The summed E-state index contributed by atoms with van der Waals surface area (Å²) >= 11 is 9.89. The second kappa shape index (κ2) is 9.49. The second-order valence-electron chi connectivity index (χ2n) is 8.26. The first-order chi connectivity index (χ1) is 15.7. The fourth-order valence-electron chi connectivity index (χ4n) is 3.68. The van der Waals surface area contributed by atoms with E-state index in [9.17, 15) is 4.79 Å². The van der Waals surface area contributed by atoms with Crippen molar-refractivity contribution in [1.82, 2.24) is 14.8 Å². The van der Waals surface area contributed by atoms with Crippen LogP contribution in [0.25, 0.3) is 17.1 Å². The average molecular weight is 524 g/mol. The summed E-state index contributed by atoms with van der Waals surface area (Å²) in [5, 5.41) is 8.22. The first kappa shape index (κ1) is 23.2. The number of aromatic nitrogens is 3. The Morgan fingerprint density at radius 1 is 1.06 bits per heavy atom. The average Bonchev–Trinajstić information content (AvgIpc) is 3.22. The van der Waals surface area contributed by atoms with Crippen molar-refractivity contribution >= 4 is 39.1 Å². The zero-order valence-electron chi connectivity index (χ0n) is 18.9. The van der Waals surface area contributed by atoms with Crippen molar-refractivity contribution in [1.29, 1.82) is 0 Å². The summed E-state index contributed by atoms with van der Waals surface area (Å²) in [5.74, 6) is 0.532. The molecule has 1 N–H and O–H groups in total. The third-order valence-corrected chi connectivity index (χ3v) is 6.34. The molecule has 33 heavy (non-hydrogen) atoms. The minimum absolute atomic E-state index is 0.0866. The third-order valence-electron chi connectivity index (χ3n) is 5.44. The van der Waals surface area contributed by atoms with E-state index in [-0.39, 0.29) is 17.6 Å². The van der Waals surface area contributed by atoms with Crippen molar-refractivity contribution in [3.05, 3.63) is 92.7 Å². The molecule has 0 unspecified atom stereocenters. The number of benzene rings is 3. The van der Waals surface area contributed by atoms with Crippen molar-refractivity contribution in [3.63, 3.8) is 0 Å². The lowest BCUT2D eigenvalue weighted by atomic mass is 10.0. The van der Waals surface area contributed by atoms with Crippen molar-refractivity contribution in [3.8, 4) is 17.1 Å². The zero-order valence-corrected chi connectivity index (χ0v) is 21.2. The number of carbonyl (C=O) groups excluding carboxylic acids is 1. The van der Waals surface area contributed by atoms with Crippen molar-refractivity contribution in [2.24, 2.45) is 0 Å². The van der Waals surface area contributed by atoms with Crippen LogP contribution >= 0.6 is 27.5 Å². The quantitative estimate of drug-likeness (QED) is 0.298. The van der Waals surface area contributed by atoms with Crippen LogP contribution in [-0.4, -0.2) is 20.7 Å². The number of hydrogen-bond donors (Lipinski definition) is 1. The third kappa shape index (κ3) is 4.87. The molecule has 4 rings (SSSR count). The van der Waals surface area contributed by atoms with E-state index in [2.05, 4.69) is 45.2 Å². The molecular weight excluding hydrogens is 500 g/mol. The van der Waals surface area contributed by atoms with Gasteiger partial charge in [-0.15, -0.1) is 5.10 Å². The van der Waals surface area contributed by atoms with E-state index < -0.39 is 0 Å². The highest BCUT2D eigenvalue weighted by molar-refractivity contribution is 9.10. The lowest BCUT2D eigenvalue weighted by Gasteiger charge is -2.13. The topological polar surface area (TPSA) is 59.8 Å². The van der Waals surface area contributed by atoms with Crippen LogP contribution in [0.3, 0.4) is 0 Å². The Hall–Kier alpha value is -2.96. The fraction of sp³-hybridized carbons (Fsp3) is 0.192. The van der Waals surface area contributed by atoms with E-state index in [0.29, 0.717) is 10.8 Å². The molecule has 0 aliphatic rings. The molecule has 0 fully saturated rings. The number of amides is 1. The van der Waals surface area contributed by atoms with Crippen LogP contribution in [0, 0.1) is 13.8 Å². The Morgan fingerprint density at radius 2 is 1.82 bits per heavy atom. The number of aryl methyl sites for hydroxylation is 1. The minimum atomic E-state index is -0.369. The normalized spacial score (nSPS) is 11.1. The number of halogens is 2. The summed E-state index contributed by atoms with van der Waals surface area (Å²) in [6.45, 7) is 8.11. The molecule has 0 atom stereocenters. The van der Waals surface area contributed by atoms with E-state index in [4.69, 9.17) is 11.6 Å². The number of anilines is 1. The molecule has 0 saturated heterocycles. The lowest BCUT2D eigenvalue weighted by molar-refractivity contribution is 0.101. The van der Waals surface area contributed by atoms with E-state index >= 15 is 0 Å². The van der Waals surface area contributed by atoms with Crippen LogP contribution in [0.5, 0.6) is 0 Å². The highest BCUT2D eigenvalue weighted by Crippen LogP contribution is 2.30. The smallest absolute Gasteiger partial charge is 0.295 e. The molecule has 0 saturated carbocycles. The van der Waals surface area contributed by atoms with Crippen molar-refractivity contribution < 1.29 is 4.79 Å². The van der Waals surface area contributed by atoms with Gasteiger partial charge in [0.15, 0.2) is 5.82 Å². The molecule has 3 aromatic carbocycles. The van der Waals surface area contributed by atoms with Crippen LogP contribution in [0.15, 0.2) is 65.1 Å². The van der Waals surface area contributed by atoms with E-state index in [0.717, 1.165) is 38.1 Å². The number of rotatable bonds is 5. The molecule has 1 amide bonds. The van der Waals surface area contributed by atoms with Crippen molar-refractivity contribution in [2.75, 3.05) is 5.32 Å². The Morgan fingerprint density at radius 3 is 2.55 bits per heavy atom. The number of nitrogens with one attached hydrogen (secondary N) is 1. The van der Waals surface area contributed by atoms with Crippen LogP contribution in [-0.2, 0) is 0 Å². The highest BCUT2D eigenvalue weighted by Gasteiger charge is 2.21. The standard InChI is InChI=1S/C26H24BrClN4O/c1-15(2)20-14-19(27)11-12-22(20)29-26(33)24-30-25(18-8-5-7-16(3)13-18)32(31-24)23-10-6-9-21(28)17(23)4/h5-15H,1-4H3,(H,29,33). The molecule has 168 valence electrons. The summed E-state index contributed by atoms with van der Waals surface area (Å²) in [6, 6.07) is 19.4. The van der Waals surface area contributed by atoms with E-state index in [1.807, 2.05) is 74.5 Å². The Bertz CT molecular complexity index is 1350. The maximum atomic E-state index is 13.2. The first-order valence-corrected chi connectivity index (χ1v) is 11.8.